The molecule has 1 atom stereocenters. The molecule has 0 saturated carbocycles. The van der Waals surface area contributed by atoms with Crippen molar-refractivity contribution in [2.75, 3.05) is 0 Å². The van der Waals surface area contributed by atoms with Crippen LogP contribution in [-0.4, -0.2) is 13.9 Å². The van der Waals surface area contributed by atoms with Crippen LogP contribution in [0.5, 0.6) is 0 Å². The predicted octanol–water partition coefficient (Wildman–Crippen LogP) is 0.0122. The molecule has 6 heteroatoms. The second-order valence-electron chi connectivity index (χ2n) is 1.13. The van der Waals surface area contributed by atoms with E-state index in [1.807, 2.05) is 0 Å². The fourth-order valence-electron chi connectivity index (χ4n) is 0. The summed E-state index contributed by atoms with van der Waals surface area (Å²) in [6, 6.07) is 0. The lowest BCUT2D eigenvalue weighted by Gasteiger charge is -1.92. The molecule has 0 saturated heterocycles. The standard InChI is InChI=1S/C2H6FNO2S.ClH/c1-2(3)7(4,5)6;/h2H,1H3,(H2,4,5,6);1H. The maximum absolute atomic E-state index is 11.5. The van der Waals surface area contributed by atoms with Gasteiger partial charge < -0.3 is 0 Å². The molecule has 3 nitrogen and oxygen atoms in total. The first-order valence-corrected chi connectivity index (χ1v) is 3.21. The fraction of sp³-hybridized carbons (Fsp3) is 1.00. The normalized spacial score (nSPS) is 14.4. The topological polar surface area (TPSA) is 60.2 Å². The van der Waals surface area contributed by atoms with Crippen molar-refractivity contribution in [3.8, 4) is 0 Å². The van der Waals surface area contributed by atoms with Gasteiger partial charge in [-0.05, 0) is 6.92 Å². The highest BCUT2D eigenvalue weighted by Gasteiger charge is 2.11. The van der Waals surface area contributed by atoms with E-state index in [0.29, 0.717) is 0 Å². The summed E-state index contributed by atoms with van der Waals surface area (Å²) in [7, 11) is -3.91. The molecular formula is C2H7ClFNO2S. The van der Waals surface area contributed by atoms with Gasteiger partial charge in [-0.2, -0.15) is 0 Å². The highest BCUT2D eigenvalue weighted by Crippen LogP contribution is 1.92. The number of hydrogen-bond donors (Lipinski definition) is 1. The second kappa shape index (κ2) is 3.21. The van der Waals surface area contributed by atoms with E-state index >= 15 is 0 Å². The van der Waals surface area contributed by atoms with Gasteiger partial charge in [-0.25, -0.2) is 17.9 Å². The van der Waals surface area contributed by atoms with Crippen LogP contribution in [0.25, 0.3) is 0 Å². The summed E-state index contributed by atoms with van der Waals surface area (Å²) in [4.78, 5) is 0. The van der Waals surface area contributed by atoms with Crippen LogP contribution in [0.1, 0.15) is 6.92 Å². The zero-order valence-electron chi connectivity index (χ0n) is 4.17. The van der Waals surface area contributed by atoms with E-state index in [1.165, 1.54) is 0 Å². The van der Waals surface area contributed by atoms with Crippen LogP contribution >= 0.6 is 12.4 Å². The molecule has 1 unspecified atom stereocenters. The van der Waals surface area contributed by atoms with Crippen LogP contribution in [0.4, 0.5) is 4.39 Å². The van der Waals surface area contributed by atoms with E-state index in [0.717, 1.165) is 6.92 Å². The summed E-state index contributed by atoms with van der Waals surface area (Å²) >= 11 is 0. The Bertz CT molecular complexity index is 142. The molecule has 0 aliphatic heterocycles. The van der Waals surface area contributed by atoms with Gasteiger partial charge in [-0.1, -0.05) is 0 Å². The van der Waals surface area contributed by atoms with Crippen molar-refractivity contribution in [2.45, 2.75) is 12.4 Å². The number of primary sulfonamides is 1. The van der Waals surface area contributed by atoms with Crippen molar-refractivity contribution in [3.63, 3.8) is 0 Å². The van der Waals surface area contributed by atoms with Gasteiger partial charge in [0.05, 0.1) is 0 Å². The minimum absolute atomic E-state index is 0. The van der Waals surface area contributed by atoms with Crippen molar-refractivity contribution < 1.29 is 12.8 Å². The second-order valence-corrected chi connectivity index (χ2v) is 2.96. The summed E-state index contributed by atoms with van der Waals surface area (Å²) in [5.74, 6) is 0. The molecule has 0 bridgehead atoms. The Balaban J connectivity index is 0. The van der Waals surface area contributed by atoms with Crippen molar-refractivity contribution in [2.24, 2.45) is 5.14 Å². The molecule has 0 radical (unpaired) electrons. The van der Waals surface area contributed by atoms with Gasteiger partial charge in [-0.3, -0.25) is 0 Å². The van der Waals surface area contributed by atoms with E-state index in [2.05, 4.69) is 5.14 Å². The Kier molecular flexibility index (Phi) is 4.42. The molecule has 0 aliphatic rings. The van der Waals surface area contributed by atoms with E-state index in [9.17, 15) is 12.8 Å². The Morgan fingerprint density at radius 2 is 1.75 bits per heavy atom. The average Bonchev–Trinajstić information content (AvgIpc) is 1.31. The molecule has 0 spiro atoms. The van der Waals surface area contributed by atoms with Crippen LogP contribution in [0.15, 0.2) is 0 Å². The van der Waals surface area contributed by atoms with Gasteiger partial charge in [-0.15, -0.1) is 12.4 Å². The van der Waals surface area contributed by atoms with Crippen LogP contribution in [0, 0.1) is 0 Å². The zero-order valence-corrected chi connectivity index (χ0v) is 5.80. The van der Waals surface area contributed by atoms with Crippen molar-refractivity contribution in [1.29, 1.82) is 0 Å². The third-order valence-corrected chi connectivity index (χ3v) is 1.36. The smallest absolute Gasteiger partial charge is 0.229 e. The summed E-state index contributed by atoms with van der Waals surface area (Å²) in [6.45, 7) is 0.870. The molecule has 0 heterocycles. The molecule has 0 aromatic carbocycles. The van der Waals surface area contributed by atoms with Crippen LogP contribution in [-0.2, 0) is 10.0 Å². The Morgan fingerprint density at radius 1 is 1.62 bits per heavy atom. The first kappa shape index (κ1) is 11.0. The van der Waals surface area contributed by atoms with Crippen molar-refractivity contribution >= 4 is 22.4 Å². The first-order valence-electron chi connectivity index (χ1n) is 1.60. The van der Waals surface area contributed by atoms with Gasteiger partial charge >= 0.3 is 0 Å². The van der Waals surface area contributed by atoms with E-state index < -0.39 is 15.5 Å². The summed E-state index contributed by atoms with van der Waals surface area (Å²) in [5.41, 5.74) is -1.95. The minimum Gasteiger partial charge on any atom is -0.229 e. The van der Waals surface area contributed by atoms with Crippen LogP contribution in [0.3, 0.4) is 0 Å². The third kappa shape index (κ3) is 4.29. The SMILES string of the molecule is CC(F)S(N)(=O)=O.Cl. The molecule has 0 aromatic rings. The lowest BCUT2D eigenvalue weighted by Crippen LogP contribution is -2.21. The third-order valence-electron chi connectivity index (χ3n) is 0.453. The van der Waals surface area contributed by atoms with Gasteiger partial charge in [0.25, 0.3) is 0 Å². The van der Waals surface area contributed by atoms with Gasteiger partial charge in [0.2, 0.25) is 15.5 Å². The number of nitrogens with two attached hydrogens (primary N) is 1. The highest BCUT2D eigenvalue weighted by atomic mass is 35.5. The molecule has 0 aliphatic carbocycles. The molecule has 0 amide bonds. The molecule has 2 N–H and O–H groups in total. The molecule has 0 aromatic heterocycles. The molecule has 8 heavy (non-hydrogen) atoms. The number of rotatable bonds is 1. The van der Waals surface area contributed by atoms with E-state index in [1.54, 1.807) is 0 Å². The number of hydrogen-bond acceptors (Lipinski definition) is 2. The molecule has 0 rings (SSSR count). The number of alkyl halides is 1. The average molecular weight is 164 g/mol. The molecule has 0 fully saturated rings. The maximum atomic E-state index is 11.5. The fourth-order valence-corrected chi connectivity index (χ4v) is 0. The Hall–Kier alpha value is 0.130. The van der Waals surface area contributed by atoms with Gasteiger partial charge in [0.15, 0.2) is 0 Å². The van der Waals surface area contributed by atoms with E-state index in [-0.39, 0.29) is 12.4 Å². The zero-order chi connectivity index (χ0) is 6.08. The van der Waals surface area contributed by atoms with Crippen LogP contribution < -0.4 is 5.14 Å². The van der Waals surface area contributed by atoms with Gasteiger partial charge in [0, 0.05) is 0 Å². The Morgan fingerprint density at radius 3 is 1.75 bits per heavy atom. The number of sulfonamides is 1. The number of halogens is 2. The highest BCUT2D eigenvalue weighted by molar-refractivity contribution is 7.89. The maximum Gasteiger partial charge on any atom is 0.241 e. The summed E-state index contributed by atoms with van der Waals surface area (Å²) < 4.78 is 31.0. The summed E-state index contributed by atoms with van der Waals surface area (Å²) in [6.07, 6.45) is 0. The Labute approximate surface area is 53.5 Å². The quantitative estimate of drug-likeness (QED) is 0.592. The van der Waals surface area contributed by atoms with E-state index in [4.69, 9.17) is 0 Å². The largest absolute Gasteiger partial charge is 0.241 e. The van der Waals surface area contributed by atoms with Crippen molar-refractivity contribution in [3.05, 3.63) is 0 Å². The summed E-state index contributed by atoms with van der Waals surface area (Å²) in [5, 5.41) is 4.28. The monoisotopic (exact) mass is 163 g/mol. The molecular weight excluding hydrogens is 157 g/mol. The van der Waals surface area contributed by atoms with Crippen molar-refractivity contribution in [1.82, 2.24) is 0 Å². The van der Waals surface area contributed by atoms with Gasteiger partial charge in [0.1, 0.15) is 0 Å². The first-order chi connectivity index (χ1) is 2.94. The van der Waals surface area contributed by atoms with Crippen LogP contribution in [0.2, 0.25) is 0 Å². The molecule has 52 valence electrons. The lowest BCUT2D eigenvalue weighted by molar-refractivity contribution is 0.444. The predicted molar refractivity (Wildman–Crippen MR) is 30.9 cm³/mol. The lowest BCUT2D eigenvalue weighted by atomic mass is 10.9. The minimum atomic E-state index is -3.91.